The lowest BCUT2D eigenvalue weighted by Crippen LogP contribution is -2.37. The predicted molar refractivity (Wildman–Crippen MR) is 104 cm³/mol. The van der Waals surface area contributed by atoms with Gasteiger partial charge in [0.25, 0.3) is 5.56 Å². The second-order valence-corrected chi connectivity index (χ2v) is 7.03. The molecule has 2 aromatic heterocycles. The normalized spacial score (nSPS) is 15.1. The van der Waals surface area contributed by atoms with Gasteiger partial charge in [-0.3, -0.25) is 9.89 Å². The predicted octanol–water partition coefficient (Wildman–Crippen LogP) is 2.86. The monoisotopic (exact) mass is 382 g/mol. The Balaban J connectivity index is 1.80. The molecule has 3 heterocycles. The van der Waals surface area contributed by atoms with Crippen molar-refractivity contribution in [1.29, 1.82) is 0 Å². The number of piperidine rings is 1. The van der Waals surface area contributed by atoms with Crippen LogP contribution in [0.2, 0.25) is 0 Å². The number of carboxylic acid groups (broad SMARTS) is 1. The number of nitrogens with zero attached hydrogens (tertiary/aromatic N) is 3. The number of benzene rings is 1. The molecule has 0 unspecified atom stereocenters. The minimum Gasteiger partial charge on any atom is -0.496 e. The van der Waals surface area contributed by atoms with Crippen molar-refractivity contribution in [3.63, 3.8) is 0 Å². The standard InChI is InChI=1S/C20H22N4O4/c1-12-18(14-5-3-4-6-16(14)28-2)19-21-15(11-17(25)24(19)22-12)13-7-9-23(10-8-13)20(26)27/h3-6,11,13,22H,7-10H2,1-2H3,(H,26,27). The van der Waals surface area contributed by atoms with Gasteiger partial charge in [0.2, 0.25) is 0 Å². The Morgan fingerprint density at radius 1 is 1.29 bits per heavy atom. The molecule has 4 rings (SSSR count). The molecular weight excluding hydrogens is 360 g/mol. The van der Waals surface area contributed by atoms with Gasteiger partial charge in [-0.1, -0.05) is 18.2 Å². The van der Waals surface area contributed by atoms with Crippen LogP contribution in [-0.4, -0.2) is 50.9 Å². The molecule has 1 fully saturated rings. The highest BCUT2D eigenvalue weighted by Gasteiger charge is 2.26. The van der Waals surface area contributed by atoms with Gasteiger partial charge in [0.15, 0.2) is 5.65 Å². The SMILES string of the molecule is COc1ccccc1-c1c(C)[nH]n2c(=O)cc(C3CCN(C(=O)O)CC3)nc12. The lowest BCUT2D eigenvalue weighted by Gasteiger charge is -2.29. The molecule has 3 aromatic rings. The molecule has 0 spiro atoms. The molecule has 0 saturated carbocycles. The summed E-state index contributed by atoms with van der Waals surface area (Å²) in [4.78, 5) is 30.1. The van der Waals surface area contributed by atoms with E-state index in [0.717, 1.165) is 16.8 Å². The summed E-state index contributed by atoms with van der Waals surface area (Å²) in [5.41, 5.74) is 3.62. The van der Waals surface area contributed by atoms with E-state index in [2.05, 4.69) is 5.10 Å². The van der Waals surface area contributed by atoms with Gasteiger partial charge in [0, 0.05) is 36.3 Å². The van der Waals surface area contributed by atoms with Crippen molar-refractivity contribution >= 4 is 11.7 Å². The number of amides is 1. The summed E-state index contributed by atoms with van der Waals surface area (Å²) in [6.45, 7) is 2.81. The molecule has 1 aliphatic rings. The van der Waals surface area contributed by atoms with Crippen LogP contribution in [0.15, 0.2) is 35.1 Å². The first-order chi connectivity index (χ1) is 13.5. The lowest BCUT2D eigenvalue weighted by atomic mass is 9.93. The van der Waals surface area contributed by atoms with E-state index in [4.69, 9.17) is 14.8 Å². The maximum Gasteiger partial charge on any atom is 0.407 e. The Bertz CT molecular complexity index is 1090. The Morgan fingerprint density at radius 3 is 2.68 bits per heavy atom. The first-order valence-electron chi connectivity index (χ1n) is 9.23. The van der Waals surface area contributed by atoms with E-state index in [1.165, 1.54) is 9.42 Å². The molecule has 146 valence electrons. The number of aromatic nitrogens is 3. The topological polar surface area (TPSA) is 99.9 Å². The number of carbonyl (C=O) groups is 1. The highest BCUT2D eigenvalue weighted by Crippen LogP contribution is 2.35. The van der Waals surface area contributed by atoms with Crippen LogP contribution in [0.3, 0.4) is 0 Å². The number of aryl methyl sites for hydroxylation is 1. The molecule has 28 heavy (non-hydrogen) atoms. The van der Waals surface area contributed by atoms with E-state index >= 15 is 0 Å². The molecular formula is C20H22N4O4. The smallest absolute Gasteiger partial charge is 0.407 e. The molecule has 1 amide bonds. The number of hydrogen-bond acceptors (Lipinski definition) is 4. The number of aromatic amines is 1. The zero-order valence-corrected chi connectivity index (χ0v) is 15.8. The summed E-state index contributed by atoms with van der Waals surface area (Å²) in [6.07, 6.45) is 0.409. The third kappa shape index (κ3) is 3.00. The first-order valence-corrected chi connectivity index (χ1v) is 9.23. The molecule has 8 heteroatoms. The zero-order chi connectivity index (χ0) is 19.8. The van der Waals surface area contributed by atoms with Gasteiger partial charge in [-0.25, -0.2) is 14.3 Å². The van der Waals surface area contributed by atoms with Gasteiger partial charge in [0.05, 0.1) is 18.4 Å². The summed E-state index contributed by atoms with van der Waals surface area (Å²) in [5, 5.41) is 12.2. The van der Waals surface area contributed by atoms with Crippen molar-refractivity contribution in [2.75, 3.05) is 20.2 Å². The maximum atomic E-state index is 12.7. The van der Waals surface area contributed by atoms with E-state index in [1.807, 2.05) is 31.2 Å². The van der Waals surface area contributed by atoms with Gasteiger partial charge in [-0.2, -0.15) is 0 Å². The summed E-state index contributed by atoms with van der Waals surface area (Å²) < 4.78 is 6.95. The molecule has 0 bridgehead atoms. The van der Waals surface area contributed by atoms with Crippen molar-refractivity contribution in [3.8, 4) is 16.9 Å². The second-order valence-electron chi connectivity index (χ2n) is 7.03. The second kappa shape index (κ2) is 7.03. The van der Waals surface area contributed by atoms with Crippen molar-refractivity contribution in [2.45, 2.75) is 25.7 Å². The van der Waals surface area contributed by atoms with Gasteiger partial charge >= 0.3 is 6.09 Å². The average Bonchev–Trinajstić information content (AvgIpc) is 3.04. The summed E-state index contributed by atoms with van der Waals surface area (Å²) in [7, 11) is 1.62. The van der Waals surface area contributed by atoms with Crippen molar-refractivity contribution < 1.29 is 14.6 Å². The first kappa shape index (κ1) is 18.1. The van der Waals surface area contributed by atoms with Crippen LogP contribution in [0.4, 0.5) is 4.79 Å². The number of fused-ring (bicyclic) bond motifs is 1. The largest absolute Gasteiger partial charge is 0.496 e. The molecule has 0 radical (unpaired) electrons. The van der Waals surface area contributed by atoms with Crippen molar-refractivity contribution in [3.05, 3.63) is 52.1 Å². The van der Waals surface area contributed by atoms with E-state index in [1.54, 1.807) is 13.2 Å². The number of ether oxygens (including phenoxy) is 1. The molecule has 1 saturated heterocycles. The summed E-state index contributed by atoms with van der Waals surface area (Å²) in [5.74, 6) is 0.774. The number of rotatable bonds is 3. The quantitative estimate of drug-likeness (QED) is 0.726. The lowest BCUT2D eigenvalue weighted by molar-refractivity contribution is 0.131. The Hall–Kier alpha value is -3.29. The molecule has 0 atom stereocenters. The number of likely N-dealkylation sites (tertiary alicyclic amines) is 1. The van der Waals surface area contributed by atoms with Crippen LogP contribution >= 0.6 is 0 Å². The van der Waals surface area contributed by atoms with Crippen molar-refractivity contribution in [2.24, 2.45) is 0 Å². The van der Waals surface area contributed by atoms with E-state index < -0.39 is 6.09 Å². The number of H-pyrrole nitrogens is 1. The molecule has 8 nitrogen and oxygen atoms in total. The number of hydrogen-bond donors (Lipinski definition) is 2. The van der Waals surface area contributed by atoms with Crippen molar-refractivity contribution in [1.82, 2.24) is 19.5 Å². The molecule has 1 aliphatic heterocycles. The maximum absolute atomic E-state index is 12.7. The summed E-state index contributed by atoms with van der Waals surface area (Å²) >= 11 is 0. The Kier molecular flexibility index (Phi) is 4.54. The van der Waals surface area contributed by atoms with Crippen LogP contribution in [0.1, 0.15) is 30.1 Å². The molecule has 0 aliphatic carbocycles. The minimum atomic E-state index is -0.901. The highest BCUT2D eigenvalue weighted by molar-refractivity contribution is 5.83. The third-order valence-electron chi connectivity index (χ3n) is 5.38. The molecule has 2 N–H and O–H groups in total. The van der Waals surface area contributed by atoms with Crippen LogP contribution in [0, 0.1) is 6.92 Å². The fourth-order valence-electron chi connectivity index (χ4n) is 3.92. The zero-order valence-electron chi connectivity index (χ0n) is 15.8. The van der Waals surface area contributed by atoms with Gasteiger partial charge < -0.3 is 14.7 Å². The van der Waals surface area contributed by atoms with Crippen LogP contribution in [0.25, 0.3) is 16.8 Å². The van der Waals surface area contributed by atoms with E-state index in [9.17, 15) is 9.59 Å². The summed E-state index contributed by atoms with van der Waals surface area (Å²) in [6, 6.07) is 9.19. The minimum absolute atomic E-state index is 0.0639. The number of para-hydroxylation sites is 1. The number of methoxy groups -OCH3 is 1. The highest BCUT2D eigenvalue weighted by atomic mass is 16.5. The average molecular weight is 382 g/mol. The fourth-order valence-corrected chi connectivity index (χ4v) is 3.92. The third-order valence-corrected chi connectivity index (χ3v) is 5.38. The Labute approximate surface area is 161 Å². The van der Waals surface area contributed by atoms with E-state index in [0.29, 0.717) is 43.0 Å². The van der Waals surface area contributed by atoms with Gasteiger partial charge in [-0.05, 0) is 25.8 Å². The Morgan fingerprint density at radius 2 is 2.00 bits per heavy atom. The van der Waals surface area contributed by atoms with Crippen LogP contribution in [-0.2, 0) is 0 Å². The molecule has 1 aromatic carbocycles. The van der Waals surface area contributed by atoms with Crippen LogP contribution in [0.5, 0.6) is 5.75 Å². The fraction of sp³-hybridized carbons (Fsp3) is 0.350. The van der Waals surface area contributed by atoms with Crippen LogP contribution < -0.4 is 10.3 Å². The van der Waals surface area contributed by atoms with Gasteiger partial charge in [0.1, 0.15) is 5.75 Å². The number of nitrogens with one attached hydrogen (secondary N) is 1. The van der Waals surface area contributed by atoms with Gasteiger partial charge in [-0.15, -0.1) is 0 Å². The van der Waals surface area contributed by atoms with E-state index in [-0.39, 0.29) is 11.5 Å².